The average Bonchev–Trinajstić information content (AvgIpc) is 3.49. The van der Waals surface area contributed by atoms with Gasteiger partial charge in [0.1, 0.15) is 24.0 Å². The largest absolute Gasteiger partial charge is 0.573 e. The van der Waals surface area contributed by atoms with Crippen LogP contribution in [-0.4, -0.2) is 58.6 Å². The van der Waals surface area contributed by atoms with Crippen molar-refractivity contribution >= 4 is 11.8 Å². The van der Waals surface area contributed by atoms with Crippen molar-refractivity contribution in [3.63, 3.8) is 0 Å². The molecule has 1 heterocycles. The predicted octanol–water partition coefficient (Wildman–Crippen LogP) is 4.98. The molecule has 3 aromatic rings. The molecule has 1 aromatic heterocycles. The number of alkyl halides is 6. The summed E-state index contributed by atoms with van der Waals surface area (Å²) in [6, 6.07) is 9.14. The Morgan fingerprint density at radius 3 is 2.51 bits per heavy atom. The van der Waals surface area contributed by atoms with E-state index in [0.29, 0.717) is 16.6 Å². The van der Waals surface area contributed by atoms with Crippen molar-refractivity contribution < 1.29 is 45.4 Å². The molecule has 0 saturated heterocycles. The van der Waals surface area contributed by atoms with Crippen LogP contribution in [0.4, 0.5) is 26.3 Å². The summed E-state index contributed by atoms with van der Waals surface area (Å²) >= 11 is 0. The number of methoxy groups -OCH3 is 1. The number of hydrogen-bond donors (Lipinski definition) is 1. The average molecular weight is 585 g/mol. The minimum Gasteiger partial charge on any atom is -0.406 e. The first kappa shape index (κ1) is 29.9. The maximum absolute atomic E-state index is 14.1. The van der Waals surface area contributed by atoms with Gasteiger partial charge in [0, 0.05) is 26.3 Å². The van der Waals surface area contributed by atoms with E-state index in [1.54, 1.807) is 31.2 Å². The Morgan fingerprint density at radius 2 is 1.85 bits per heavy atom. The zero-order valence-corrected chi connectivity index (χ0v) is 21.9. The van der Waals surface area contributed by atoms with Gasteiger partial charge >= 0.3 is 12.5 Å². The molecule has 1 aliphatic rings. The molecule has 0 fully saturated rings. The number of imidazole rings is 1. The minimum atomic E-state index is -5.02. The van der Waals surface area contributed by atoms with Gasteiger partial charge in [-0.1, -0.05) is 36.4 Å². The van der Waals surface area contributed by atoms with E-state index in [1.807, 2.05) is 0 Å². The maximum atomic E-state index is 14.1. The summed E-state index contributed by atoms with van der Waals surface area (Å²) < 4.78 is 88.5. The molecule has 0 aliphatic heterocycles. The molecule has 220 valence electrons. The molecule has 1 N–H and O–H groups in total. The normalized spacial score (nSPS) is 17.6. The lowest BCUT2D eigenvalue weighted by Gasteiger charge is -2.38. The first-order chi connectivity index (χ1) is 19.3. The highest BCUT2D eigenvalue weighted by Crippen LogP contribution is 2.43. The van der Waals surface area contributed by atoms with Crippen LogP contribution in [0.25, 0.3) is 0 Å². The lowest BCUT2D eigenvalue weighted by Crippen LogP contribution is -2.48. The van der Waals surface area contributed by atoms with Crippen LogP contribution >= 0.6 is 0 Å². The van der Waals surface area contributed by atoms with Crippen LogP contribution in [0.15, 0.2) is 61.1 Å². The number of fused-ring (bicyclic) bond motifs is 1. The van der Waals surface area contributed by atoms with Crippen molar-refractivity contribution in [3.8, 4) is 5.75 Å². The van der Waals surface area contributed by atoms with Crippen LogP contribution < -0.4 is 10.1 Å². The third kappa shape index (κ3) is 6.99. The highest BCUT2D eigenvalue weighted by molar-refractivity contribution is 5.97. The zero-order chi connectivity index (χ0) is 29.9. The van der Waals surface area contributed by atoms with Crippen molar-refractivity contribution in [3.05, 3.63) is 83.4 Å². The lowest BCUT2D eigenvalue weighted by atomic mass is 9.97. The van der Waals surface area contributed by atoms with E-state index in [-0.39, 0.29) is 12.1 Å². The first-order valence-electron chi connectivity index (χ1n) is 12.5. The molecule has 0 radical (unpaired) electrons. The SMILES string of the molecule is CCNC(=O)C(c1cccc(OC(F)(F)F)c1)N(C(=O)c1cn(CC(F)(F)F)cn1)[C@H]1c2ccccc2C[C@@H]1OC. The van der Waals surface area contributed by atoms with E-state index in [0.717, 1.165) is 35.1 Å². The summed E-state index contributed by atoms with van der Waals surface area (Å²) in [4.78, 5) is 32.7. The maximum Gasteiger partial charge on any atom is 0.573 e. The summed E-state index contributed by atoms with van der Waals surface area (Å²) in [5, 5.41) is 2.60. The molecule has 0 saturated carbocycles. The van der Waals surface area contributed by atoms with Gasteiger partial charge in [-0.25, -0.2) is 4.98 Å². The summed E-state index contributed by atoms with van der Waals surface area (Å²) in [7, 11) is 1.41. The van der Waals surface area contributed by atoms with Crippen LogP contribution in [0, 0.1) is 0 Å². The molecule has 3 atom stereocenters. The molecule has 1 aliphatic carbocycles. The monoisotopic (exact) mass is 584 g/mol. The number of carbonyl (C=O) groups excluding carboxylic acids is 2. The van der Waals surface area contributed by atoms with E-state index in [9.17, 15) is 35.9 Å². The number of benzene rings is 2. The van der Waals surface area contributed by atoms with E-state index in [1.165, 1.54) is 19.2 Å². The number of nitrogens with zero attached hydrogens (tertiary/aromatic N) is 3. The van der Waals surface area contributed by atoms with Crippen LogP contribution in [0.1, 0.15) is 46.2 Å². The molecular formula is C27H26F6N4O4. The Morgan fingerprint density at radius 1 is 1.12 bits per heavy atom. The number of carbonyl (C=O) groups is 2. The summed E-state index contributed by atoms with van der Waals surface area (Å²) in [5.41, 5.74) is 0.985. The van der Waals surface area contributed by atoms with Gasteiger partial charge in [0.25, 0.3) is 5.91 Å². The molecule has 8 nitrogen and oxygen atoms in total. The highest BCUT2D eigenvalue weighted by atomic mass is 19.4. The molecule has 41 heavy (non-hydrogen) atoms. The van der Waals surface area contributed by atoms with E-state index < -0.39 is 60.5 Å². The number of halogens is 6. The van der Waals surface area contributed by atoms with E-state index in [4.69, 9.17) is 4.74 Å². The second-order valence-corrected chi connectivity index (χ2v) is 9.30. The van der Waals surface area contributed by atoms with Crippen LogP contribution in [0.2, 0.25) is 0 Å². The Hall–Kier alpha value is -4.07. The van der Waals surface area contributed by atoms with Crippen molar-refractivity contribution in [2.45, 2.75) is 50.6 Å². The fraction of sp³-hybridized carbons (Fsp3) is 0.370. The van der Waals surface area contributed by atoms with Gasteiger partial charge in [-0.3, -0.25) is 9.59 Å². The molecule has 0 bridgehead atoms. The molecule has 2 amide bonds. The number of hydrogen-bond acceptors (Lipinski definition) is 5. The second-order valence-electron chi connectivity index (χ2n) is 9.30. The smallest absolute Gasteiger partial charge is 0.406 e. The third-order valence-electron chi connectivity index (χ3n) is 6.48. The Kier molecular flexibility index (Phi) is 8.61. The molecule has 2 aromatic carbocycles. The fourth-order valence-electron chi connectivity index (χ4n) is 4.97. The number of rotatable bonds is 9. The van der Waals surface area contributed by atoms with Crippen LogP contribution in [0.5, 0.6) is 5.75 Å². The van der Waals surface area contributed by atoms with Crippen LogP contribution in [0.3, 0.4) is 0 Å². The topological polar surface area (TPSA) is 85.7 Å². The summed E-state index contributed by atoms with van der Waals surface area (Å²) in [5.74, 6) is -2.28. The lowest BCUT2D eigenvalue weighted by molar-refractivity contribution is -0.274. The molecular weight excluding hydrogens is 558 g/mol. The van der Waals surface area contributed by atoms with Gasteiger partial charge in [0.15, 0.2) is 0 Å². The summed E-state index contributed by atoms with van der Waals surface area (Å²) in [6.45, 7) is 0.327. The number of aromatic nitrogens is 2. The number of nitrogens with one attached hydrogen (secondary N) is 1. The van der Waals surface area contributed by atoms with Gasteiger partial charge in [0.05, 0.1) is 18.5 Å². The van der Waals surface area contributed by atoms with Crippen molar-refractivity contribution in [2.75, 3.05) is 13.7 Å². The van der Waals surface area contributed by atoms with Gasteiger partial charge in [-0.15, -0.1) is 13.2 Å². The van der Waals surface area contributed by atoms with Gasteiger partial charge in [0.2, 0.25) is 5.91 Å². The third-order valence-corrected chi connectivity index (χ3v) is 6.48. The van der Waals surface area contributed by atoms with Gasteiger partial charge < -0.3 is 24.3 Å². The number of likely N-dealkylation sites (N-methyl/N-ethyl adjacent to an activating group) is 1. The Balaban J connectivity index is 1.89. The molecule has 14 heteroatoms. The summed E-state index contributed by atoms with van der Waals surface area (Å²) in [6.07, 6.45) is -8.22. The quantitative estimate of drug-likeness (QED) is 0.359. The van der Waals surface area contributed by atoms with Crippen molar-refractivity contribution in [1.29, 1.82) is 0 Å². The zero-order valence-electron chi connectivity index (χ0n) is 21.9. The van der Waals surface area contributed by atoms with Crippen molar-refractivity contribution in [1.82, 2.24) is 19.8 Å². The Bertz CT molecular complexity index is 1390. The van der Waals surface area contributed by atoms with Crippen molar-refractivity contribution in [2.24, 2.45) is 0 Å². The second kappa shape index (κ2) is 11.8. The first-order valence-corrected chi connectivity index (χ1v) is 12.5. The molecule has 1 unspecified atom stereocenters. The van der Waals surface area contributed by atoms with Crippen LogP contribution in [-0.2, 0) is 22.5 Å². The highest BCUT2D eigenvalue weighted by Gasteiger charge is 2.46. The molecule has 4 rings (SSSR count). The standard InChI is InChI=1S/C27H26F6N4O4/c1-3-34-24(38)22(17-8-6-9-18(11-17)41-27(31,32)33)37(23-19-10-5-4-7-16(19)12-21(23)40-2)25(39)20-13-36(15-35-20)14-26(28,29)30/h4-11,13,15,21-23H,3,12,14H2,1-2H3,(H,34,38)/t21-,22?,23-/m0/s1. The van der Waals surface area contributed by atoms with Gasteiger partial charge in [-0.2, -0.15) is 13.2 Å². The number of amides is 2. The molecule has 0 spiro atoms. The van der Waals surface area contributed by atoms with Gasteiger partial charge in [-0.05, 0) is 35.7 Å². The predicted molar refractivity (Wildman–Crippen MR) is 133 cm³/mol. The fourth-order valence-corrected chi connectivity index (χ4v) is 4.97. The minimum absolute atomic E-state index is 0.0278. The van der Waals surface area contributed by atoms with E-state index in [2.05, 4.69) is 15.0 Å². The van der Waals surface area contributed by atoms with E-state index >= 15 is 0 Å². The number of ether oxygens (including phenoxy) is 2. The Labute approximate surface area is 230 Å².